The van der Waals surface area contributed by atoms with Crippen LogP contribution in [-0.4, -0.2) is 43.2 Å². The molecule has 5 nitrogen and oxygen atoms in total. The molecule has 1 saturated heterocycles. The molecule has 0 bridgehead atoms. The summed E-state index contributed by atoms with van der Waals surface area (Å²) >= 11 is 3.35. The first-order valence-electron chi connectivity index (χ1n) is 5.97. The number of aromatic nitrogens is 1. The maximum atomic E-state index is 12.0. The predicted molar refractivity (Wildman–Crippen MR) is 72.6 cm³/mol. The Balaban J connectivity index is 2.20. The maximum absolute atomic E-state index is 12.0. The fraction of sp³-hybridized carbons (Fsp3) is 0.500. The van der Waals surface area contributed by atoms with Gasteiger partial charge in [0, 0.05) is 13.1 Å². The van der Waals surface area contributed by atoms with Gasteiger partial charge in [0.05, 0.1) is 13.2 Å². The van der Waals surface area contributed by atoms with Crippen LogP contribution in [0.4, 0.5) is 5.82 Å². The van der Waals surface area contributed by atoms with Crippen molar-refractivity contribution in [3.63, 3.8) is 0 Å². The van der Waals surface area contributed by atoms with E-state index >= 15 is 0 Å². The van der Waals surface area contributed by atoms with Crippen molar-refractivity contribution in [3.05, 3.63) is 22.8 Å². The number of hydrogen-bond donors (Lipinski definition) is 1. The summed E-state index contributed by atoms with van der Waals surface area (Å²) in [5, 5.41) is 2.83. The highest BCUT2D eigenvalue weighted by Crippen LogP contribution is 2.19. The first-order chi connectivity index (χ1) is 8.72. The van der Waals surface area contributed by atoms with Crippen molar-refractivity contribution in [2.45, 2.75) is 13.0 Å². The quantitative estimate of drug-likeness (QED) is 0.852. The van der Waals surface area contributed by atoms with E-state index in [-0.39, 0.29) is 11.9 Å². The number of anilines is 1. The molecule has 0 saturated carbocycles. The highest BCUT2D eigenvalue weighted by atomic mass is 79.9. The van der Waals surface area contributed by atoms with Gasteiger partial charge in [-0.25, -0.2) is 4.98 Å². The first kappa shape index (κ1) is 13.3. The lowest BCUT2D eigenvalue weighted by molar-refractivity contribution is -0.124. The third-order valence-corrected chi connectivity index (χ3v) is 3.22. The van der Waals surface area contributed by atoms with Crippen LogP contribution >= 0.6 is 15.9 Å². The van der Waals surface area contributed by atoms with Crippen molar-refractivity contribution < 1.29 is 9.53 Å². The van der Waals surface area contributed by atoms with Gasteiger partial charge in [0.15, 0.2) is 0 Å². The average molecular weight is 314 g/mol. The zero-order valence-electron chi connectivity index (χ0n) is 10.2. The minimum atomic E-state index is -0.305. The van der Waals surface area contributed by atoms with Gasteiger partial charge < -0.3 is 15.0 Å². The molecule has 18 heavy (non-hydrogen) atoms. The Kier molecular flexibility index (Phi) is 4.54. The average Bonchev–Trinajstić information content (AvgIpc) is 2.39. The Morgan fingerprint density at radius 3 is 3.22 bits per heavy atom. The molecular formula is C12H16BrN3O2. The number of morpholine rings is 1. The number of likely N-dealkylation sites (N-methyl/N-ethyl adjacent to an activating group) is 1. The number of amides is 1. The lowest BCUT2D eigenvalue weighted by Gasteiger charge is -2.35. The van der Waals surface area contributed by atoms with E-state index in [2.05, 4.69) is 26.2 Å². The predicted octanol–water partition coefficient (Wildman–Crippen LogP) is 1.19. The van der Waals surface area contributed by atoms with Crippen LogP contribution in [-0.2, 0) is 9.53 Å². The largest absolute Gasteiger partial charge is 0.377 e. The number of nitrogens with one attached hydrogen (secondary N) is 1. The monoisotopic (exact) mass is 313 g/mol. The van der Waals surface area contributed by atoms with E-state index in [0.29, 0.717) is 26.3 Å². The second-order valence-corrected chi connectivity index (χ2v) is 4.81. The fourth-order valence-corrected chi connectivity index (χ4v) is 2.28. The molecule has 6 heteroatoms. The number of hydrogen-bond acceptors (Lipinski definition) is 4. The van der Waals surface area contributed by atoms with E-state index in [0.717, 1.165) is 10.4 Å². The summed E-state index contributed by atoms with van der Waals surface area (Å²) < 4.78 is 6.15. The lowest BCUT2D eigenvalue weighted by atomic mass is 10.2. The number of rotatable bonds is 3. The van der Waals surface area contributed by atoms with Crippen LogP contribution in [0, 0.1) is 0 Å². The van der Waals surface area contributed by atoms with Crippen LogP contribution in [0.15, 0.2) is 22.8 Å². The van der Waals surface area contributed by atoms with Gasteiger partial charge in [-0.3, -0.25) is 4.79 Å². The second-order valence-electron chi connectivity index (χ2n) is 4.00. The van der Waals surface area contributed by atoms with E-state index < -0.39 is 0 Å². The number of pyridine rings is 1. The van der Waals surface area contributed by atoms with E-state index in [1.807, 2.05) is 30.0 Å². The highest BCUT2D eigenvalue weighted by molar-refractivity contribution is 9.10. The van der Waals surface area contributed by atoms with Gasteiger partial charge >= 0.3 is 0 Å². The number of ether oxygens (including phenoxy) is 1. The molecule has 2 rings (SSSR count). The molecule has 1 aromatic heterocycles. The Labute approximate surface area is 115 Å². The zero-order valence-corrected chi connectivity index (χ0v) is 11.8. The zero-order chi connectivity index (χ0) is 13.0. The van der Waals surface area contributed by atoms with Gasteiger partial charge in [0.2, 0.25) is 5.91 Å². The topological polar surface area (TPSA) is 54.5 Å². The van der Waals surface area contributed by atoms with Gasteiger partial charge in [0.25, 0.3) is 0 Å². The van der Waals surface area contributed by atoms with E-state index in [4.69, 9.17) is 4.74 Å². The van der Waals surface area contributed by atoms with Crippen LogP contribution in [0.2, 0.25) is 0 Å². The highest BCUT2D eigenvalue weighted by Gasteiger charge is 2.29. The van der Waals surface area contributed by atoms with Gasteiger partial charge in [-0.15, -0.1) is 0 Å². The van der Waals surface area contributed by atoms with Crippen molar-refractivity contribution in [2.24, 2.45) is 0 Å². The van der Waals surface area contributed by atoms with Crippen LogP contribution in [0.1, 0.15) is 6.92 Å². The first-order valence-corrected chi connectivity index (χ1v) is 6.76. The summed E-state index contributed by atoms with van der Waals surface area (Å²) in [5.41, 5.74) is 0. The molecule has 1 atom stereocenters. The van der Waals surface area contributed by atoms with Gasteiger partial charge in [-0.05, 0) is 35.0 Å². The molecule has 0 radical (unpaired) electrons. The minimum absolute atomic E-state index is 0.0148. The molecule has 0 aliphatic carbocycles. The van der Waals surface area contributed by atoms with Crippen molar-refractivity contribution in [1.29, 1.82) is 0 Å². The van der Waals surface area contributed by atoms with Crippen molar-refractivity contribution in [1.82, 2.24) is 10.3 Å². The molecule has 0 aromatic carbocycles. The number of nitrogens with zero attached hydrogens (tertiary/aromatic N) is 2. The van der Waals surface area contributed by atoms with Crippen molar-refractivity contribution in [2.75, 3.05) is 31.2 Å². The fourth-order valence-electron chi connectivity index (χ4n) is 1.94. The van der Waals surface area contributed by atoms with Crippen molar-refractivity contribution >= 4 is 27.7 Å². The summed E-state index contributed by atoms with van der Waals surface area (Å²) in [6.45, 7) is 4.22. The Bertz CT molecular complexity index is 428. The summed E-state index contributed by atoms with van der Waals surface area (Å²) in [4.78, 5) is 18.4. The van der Waals surface area contributed by atoms with Gasteiger partial charge in [0.1, 0.15) is 16.5 Å². The number of carbonyl (C=O) groups is 1. The SMILES string of the molecule is CCNC(=O)C1COCCN1c1cccc(Br)n1. The van der Waals surface area contributed by atoms with E-state index in [1.165, 1.54) is 0 Å². The standard InChI is InChI=1S/C12H16BrN3O2/c1-2-14-12(17)9-8-18-7-6-16(9)11-5-3-4-10(13)15-11/h3-5,9H,2,6-8H2,1H3,(H,14,17). The molecule has 1 unspecified atom stereocenters. The number of carbonyl (C=O) groups excluding carboxylic acids is 1. The molecule has 1 N–H and O–H groups in total. The molecular weight excluding hydrogens is 298 g/mol. The minimum Gasteiger partial charge on any atom is -0.377 e. The van der Waals surface area contributed by atoms with Crippen LogP contribution in [0.5, 0.6) is 0 Å². The summed E-state index contributed by atoms with van der Waals surface area (Å²) in [6.07, 6.45) is 0. The Morgan fingerprint density at radius 1 is 1.67 bits per heavy atom. The molecule has 98 valence electrons. The molecule has 1 aliphatic heterocycles. The molecule has 2 heterocycles. The molecule has 1 aromatic rings. The number of halogens is 1. The van der Waals surface area contributed by atoms with Gasteiger partial charge in [-0.2, -0.15) is 0 Å². The molecule has 1 amide bonds. The third kappa shape index (κ3) is 3.00. The van der Waals surface area contributed by atoms with Crippen LogP contribution < -0.4 is 10.2 Å². The second kappa shape index (κ2) is 6.15. The third-order valence-electron chi connectivity index (χ3n) is 2.78. The summed E-state index contributed by atoms with van der Waals surface area (Å²) in [7, 11) is 0. The molecule has 0 spiro atoms. The summed E-state index contributed by atoms with van der Waals surface area (Å²) in [5.74, 6) is 0.780. The Hall–Kier alpha value is -1.14. The molecule has 1 fully saturated rings. The van der Waals surface area contributed by atoms with Crippen LogP contribution in [0.25, 0.3) is 0 Å². The summed E-state index contributed by atoms with van der Waals surface area (Å²) in [6, 6.07) is 5.38. The lowest BCUT2D eigenvalue weighted by Crippen LogP contribution is -2.54. The Morgan fingerprint density at radius 2 is 2.50 bits per heavy atom. The smallest absolute Gasteiger partial charge is 0.245 e. The van der Waals surface area contributed by atoms with E-state index in [9.17, 15) is 4.79 Å². The maximum Gasteiger partial charge on any atom is 0.245 e. The normalized spacial score (nSPS) is 19.7. The van der Waals surface area contributed by atoms with Crippen molar-refractivity contribution in [3.8, 4) is 0 Å². The van der Waals surface area contributed by atoms with Gasteiger partial charge in [-0.1, -0.05) is 6.07 Å². The van der Waals surface area contributed by atoms with E-state index in [1.54, 1.807) is 0 Å². The van der Waals surface area contributed by atoms with Crippen LogP contribution in [0.3, 0.4) is 0 Å². The molecule has 1 aliphatic rings.